The van der Waals surface area contributed by atoms with Gasteiger partial charge in [0.1, 0.15) is 5.75 Å². The molecule has 1 amide bonds. The van der Waals surface area contributed by atoms with Gasteiger partial charge in [0.25, 0.3) is 5.91 Å². The lowest BCUT2D eigenvalue weighted by molar-refractivity contribution is -0.127. The third kappa shape index (κ3) is 4.23. The van der Waals surface area contributed by atoms with Crippen molar-refractivity contribution < 1.29 is 9.53 Å². The first kappa shape index (κ1) is 16.7. The first-order valence-corrected chi connectivity index (χ1v) is 8.18. The first-order valence-electron chi connectivity index (χ1n) is 8.18. The van der Waals surface area contributed by atoms with Gasteiger partial charge in [0.15, 0.2) is 6.10 Å². The molecule has 0 spiro atoms. The van der Waals surface area contributed by atoms with E-state index >= 15 is 0 Å². The molecule has 0 fully saturated rings. The van der Waals surface area contributed by atoms with E-state index in [1.165, 1.54) is 0 Å². The number of hydrogen-bond donors (Lipinski definition) is 1. The van der Waals surface area contributed by atoms with Gasteiger partial charge in [-0.2, -0.15) is 5.10 Å². The van der Waals surface area contributed by atoms with Gasteiger partial charge >= 0.3 is 0 Å². The van der Waals surface area contributed by atoms with Crippen LogP contribution in [0.25, 0.3) is 10.8 Å². The van der Waals surface area contributed by atoms with E-state index in [0.717, 1.165) is 22.0 Å². The van der Waals surface area contributed by atoms with E-state index in [4.69, 9.17) is 4.74 Å². The smallest absolute Gasteiger partial charge is 0.280 e. The summed E-state index contributed by atoms with van der Waals surface area (Å²) in [6.45, 7) is 3.56. The summed E-state index contributed by atoms with van der Waals surface area (Å²) in [5.41, 5.74) is 4.27. The molecule has 0 aliphatic rings. The maximum atomic E-state index is 12.2. The first-order chi connectivity index (χ1) is 12.1. The molecule has 126 valence electrons. The van der Waals surface area contributed by atoms with Crippen LogP contribution in [0.5, 0.6) is 5.75 Å². The van der Waals surface area contributed by atoms with Crippen LogP contribution in [-0.2, 0) is 4.79 Å². The number of hydrogen-bond acceptors (Lipinski definition) is 3. The van der Waals surface area contributed by atoms with Crippen molar-refractivity contribution in [2.75, 3.05) is 0 Å². The van der Waals surface area contributed by atoms with Crippen LogP contribution in [0.15, 0.2) is 77.9 Å². The molecule has 1 N–H and O–H groups in total. The lowest BCUT2D eigenvalue weighted by atomic mass is 10.1. The number of carbonyl (C=O) groups is 1. The molecule has 3 aromatic carbocycles. The Bertz CT molecular complexity index is 904. The Hall–Kier alpha value is -3.14. The van der Waals surface area contributed by atoms with Gasteiger partial charge in [-0.1, -0.05) is 60.7 Å². The summed E-state index contributed by atoms with van der Waals surface area (Å²) in [5.74, 6) is 0.369. The summed E-state index contributed by atoms with van der Waals surface area (Å²) in [4.78, 5) is 12.2. The number of amides is 1. The highest BCUT2D eigenvalue weighted by molar-refractivity contribution is 5.99. The van der Waals surface area contributed by atoms with Crippen molar-refractivity contribution >= 4 is 22.4 Å². The zero-order chi connectivity index (χ0) is 17.6. The number of fused-ring (bicyclic) bond motifs is 1. The largest absolute Gasteiger partial charge is 0.481 e. The minimum Gasteiger partial charge on any atom is -0.481 e. The zero-order valence-corrected chi connectivity index (χ0v) is 14.3. The average Bonchev–Trinajstić information content (AvgIpc) is 2.66. The molecule has 4 nitrogen and oxygen atoms in total. The summed E-state index contributed by atoms with van der Waals surface area (Å²) in [6.07, 6.45) is -0.645. The van der Waals surface area contributed by atoms with Crippen LogP contribution in [0.4, 0.5) is 0 Å². The molecule has 0 bridgehead atoms. The van der Waals surface area contributed by atoms with E-state index in [1.54, 1.807) is 6.92 Å². The molecular weight excluding hydrogens is 312 g/mol. The molecule has 1 atom stereocenters. The third-order valence-corrected chi connectivity index (χ3v) is 3.93. The Morgan fingerprint density at radius 3 is 2.40 bits per heavy atom. The third-order valence-electron chi connectivity index (χ3n) is 3.93. The Morgan fingerprint density at radius 1 is 0.960 bits per heavy atom. The summed E-state index contributed by atoms with van der Waals surface area (Å²) < 4.78 is 5.74. The Balaban J connectivity index is 1.63. The molecule has 1 unspecified atom stereocenters. The number of nitrogens with one attached hydrogen (secondary N) is 1. The van der Waals surface area contributed by atoms with Crippen molar-refractivity contribution in [2.24, 2.45) is 5.10 Å². The molecule has 0 radical (unpaired) electrons. The van der Waals surface area contributed by atoms with Gasteiger partial charge in [0.05, 0.1) is 5.71 Å². The molecule has 0 saturated carbocycles. The van der Waals surface area contributed by atoms with E-state index in [2.05, 4.69) is 10.5 Å². The Morgan fingerprint density at radius 2 is 1.64 bits per heavy atom. The summed E-state index contributed by atoms with van der Waals surface area (Å²) >= 11 is 0. The highest BCUT2D eigenvalue weighted by atomic mass is 16.5. The van der Waals surface area contributed by atoms with Gasteiger partial charge in [-0.15, -0.1) is 0 Å². The van der Waals surface area contributed by atoms with Crippen molar-refractivity contribution in [3.8, 4) is 5.75 Å². The standard InChI is InChI=1S/C21H20N2O2/c1-15(17-8-4-3-5-9-17)22-23-21(24)16(2)25-20-13-12-18-10-6-7-11-19(18)14-20/h3-14,16H,1-2H3,(H,23,24)/b22-15+. The number of nitrogens with zero attached hydrogens (tertiary/aromatic N) is 1. The minimum atomic E-state index is -0.645. The van der Waals surface area contributed by atoms with E-state index < -0.39 is 6.10 Å². The summed E-state index contributed by atoms with van der Waals surface area (Å²) in [5, 5.41) is 6.35. The Labute approximate surface area is 147 Å². The quantitative estimate of drug-likeness (QED) is 0.564. The summed E-state index contributed by atoms with van der Waals surface area (Å²) in [7, 11) is 0. The molecule has 25 heavy (non-hydrogen) atoms. The molecule has 3 rings (SSSR count). The molecule has 3 aromatic rings. The maximum absolute atomic E-state index is 12.2. The van der Waals surface area contributed by atoms with Crippen LogP contribution in [-0.4, -0.2) is 17.7 Å². The topological polar surface area (TPSA) is 50.7 Å². The highest BCUT2D eigenvalue weighted by Gasteiger charge is 2.14. The van der Waals surface area contributed by atoms with Gasteiger partial charge in [-0.3, -0.25) is 4.79 Å². The molecule has 0 aliphatic carbocycles. The van der Waals surface area contributed by atoms with Crippen molar-refractivity contribution in [2.45, 2.75) is 20.0 Å². The van der Waals surface area contributed by atoms with Crippen molar-refractivity contribution in [1.82, 2.24) is 5.43 Å². The highest BCUT2D eigenvalue weighted by Crippen LogP contribution is 2.21. The van der Waals surface area contributed by atoms with Crippen LogP contribution < -0.4 is 10.2 Å². The monoisotopic (exact) mass is 332 g/mol. The number of benzene rings is 3. The lowest BCUT2D eigenvalue weighted by Gasteiger charge is -2.14. The van der Waals surface area contributed by atoms with Gasteiger partial charge in [0, 0.05) is 0 Å². The summed E-state index contributed by atoms with van der Waals surface area (Å²) in [6, 6.07) is 23.5. The van der Waals surface area contributed by atoms with Gasteiger partial charge in [-0.05, 0) is 42.3 Å². The minimum absolute atomic E-state index is 0.288. The molecule has 4 heteroatoms. The van der Waals surface area contributed by atoms with Crippen LogP contribution in [0.2, 0.25) is 0 Å². The molecular formula is C21H20N2O2. The van der Waals surface area contributed by atoms with Crippen LogP contribution in [0.3, 0.4) is 0 Å². The van der Waals surface area contributed by atoms with E-state index in [0.29, 0.717) is 5.75 Å². The normalized spacial score (nSPS) is 12.6. The molecule has 0 saturated heterocycles. The fourth-order valence-electron chi connectivity index (χ4n) is 2.47. The van der Waals surface area contributed by atoms with E-state index in [-0.39, 0.29) is 5.91 Å². The van der Waals surface area contributed by atoms with Crippen LogP contribution >= 0.6 is 0 Å². The Kier molecular flexibility index (Phi) is 5.09. The molecule has 0 aliphatic heterocycles. The fraction of sp³-hybridized carbons (Fsp3) is 0.143. The second kappa shape index (κ2) is 7.62. The molecule has 0 heterocycles. The fourth-order valence-corrected chi connectivity index (χ4v) is 2.47. The van der Waals surface area contributed by atoms with Gasteiger partial charge in [-0.25, -0.2) is 5.43 Å². The van der Waals surface area contributed by atoms with Crippen molar-refractivity contribution in [3.05, 3.63) is 78.4 Å². The predicted octanol–water partition coefficient (Wildman–Crippen LogP) is 4.15. The number of hydrazone groups is 1. The lowest BCUT2D eigenvalue weighted by Crippen LogP contribution is -2.33. The number of rotatable bonds is 5. The molecule has 0 aromatic heterocycles. The number of carbonyl (C=O) groups excluding carboxylic acids is 1. The number of ether oxygens (including phenoxy) is 1. The predicted molar refractivity (Wildman–Crippen MR) is 101 cm³/mol. The van der Waals surface area contributed by atoms with E-state index in [9.17, 15) is 4.79 Å². The van der Waals surface area contributed by atoms with E-state index in [1.807, 2.05) is 79.7 Å². The van der Waals surface area contributed by atoms with Crippen molar-refractivity contribution in [1.29, 1.82) is 0 Å². The SMILES string of the molecule is C/C(=N\NC(=O)C(C)Oc1ccc2ccccc2c1)c1ccccc1. The van der Waals surface area contributed by atoms with Crippen LogP contribution in [0.1, 0.15) is 19.4 Å². The maximum Gasteiger partial charge on any atom is 0.280 e. The second-order valence-corrected chi connectivity index (χ2v) is 5.81. The second-order valence-electron chi connectivity index (χ2n) is 5.81. The van der Waals surface area contributed by atoms with Crippen LogP contribution in [0, 0.1) is 0 Å². The van der Waals surface area contributed by atoms with Gasteiger partial charge in [0.2, 0.25) is 0 Å². The van der Waals surface area contributed by atoms with Crippen molar-refractivity contribution in [3.63, 3.8) is 0 Å². The van der Waals surface area contributed by atoms with Gasteiger partial charge < -0.3 is 4.74 Å². The average molecular weight is 332 g/mol. The zero-order valence-electron chi connectivity index (χ0n) is 14.3.